The molecule has 1 atom stereocenters. The number of aliphatic hydroxyl groups is 1. The van der Waals surface area contributed by atoms with Gasteiger partial charge in [0.05, 0.1) is 18.3 Å². The van der Waals surface area contributed by atoms with Crippen molar-refractivity contribution in [2.75, 3.05) is 25.5 Å². The van der Waals surface area contributed by atoms with Crippen molar-refractivity contribution in [1.82, 2.24) is 19.9 Å². The fourth-order valence-corrected chi connectivity index (χ4v) is 2.98. The number of likely N-dealkylation sites (tertiary alicyclic amines) is 1. The third-order valence-electron chi connectivity index (χ3n) is 4.48. The summed E-state index contributed by atoms with van der Waals surface area (Å²) in [7, 11) is 1.79. The van der Waals surface area contributed by atoms with Crippen molar-refractivity contribution < 1.29 is 9.90 Å². The van der Waals surface area contributed by atoms with Crippen LogP contribution in [0.1, 0.15) is 42.4 Å². The first-order valence-electron chi connectivity index (χ1n) is 8.15. The summed E-state index contributed by atoms with van der Waals surface area (Å²) in [6, 6.07) is 7.55. The summed E-state index contributed by atoms with van der Waals surface area (Å²) in [6.07, 6.45) is 2.22. The molecule has 1 saturated heterocycles. The molecular weight excluding hydrogens is 306 g/mol. The Bertz CT molecular complexity index is 742. The lowest BCUT2D eigenvalue weighted by molar-refractivity contribution is 0.0382. The molecule has 1 aliphatic rings. The summed E-state index contributed by atoms with van der Waals surface area (Å²) >= 11 is 0. The predicted molar refractivity (Wildman–Crippen MR) is 90.8 cm³/mol. The molecule has 24 heavy (non-hydrogen) atoms. The van der Waals surface area contributed by atoms with Crippen LogP contribution in [-0.2, 0) is 5.60 Å². The summed E-state index contributed by atoms with van der Waals surface area (Å²) in [5.41, 5.74) is 0.768. The second kappa shape index (κ2) is 6.24. The van der Waals surface area contributed by atoms with Crippen LogP contribution in [-0.4, -0.2) is 51.0 Å². The molecule has 0 radical (unpaired) electrons. The van der Waals surface area contributed by atoms with E-state index in [4.69, 9.17) is 0 Å². The van der Waals surface area contributed by atoms with Crippen LogP contribution in [0, 0.1) is 0 Å². The molecule has 1 fully saturated rings. The van der Waals surface area contributed by atoms with Crippen LogP contribution in [0.5, 0.6) is 0 Å². The largest absolute Gasteiger partial charge is 0.387 e. The van der Waals surface area contributed by atoms with Gasteiger partial charge >= 0.3 is 0 Å². The number of nitrogens with one attached hydrogen (secondary N) is 1. The Morgan fingerprint density at radius 3 is 2.79 bits per heavy atom. The van der Waals surface area contributed by atoms with Crippen LogP contribution in [0.3, 0.4) is 0 Å². The van der Waals surface area contributed by atoms with E-state index in [9.17, 15) is 9.90 Å². The third-order valence-corrected chi connectivity index (χ3v) is 4.48. The minimum atomic E-state index is -1.14. The number of β-amino-alcohol motifs (C(OH)–C–C–N with tert-alkyl or cyclic N) is 1. The van der Waals surface area contributed by atoms with Crippen LogP contribution in [0.4, 0.5) is 5.69 Å². The van der Waals surface area contributed by atoms with Crippen LogP contribution in [0.2, 0.25) is 0 Å². The summed E-state index contributed by atoms with van der Waals surface area (Å²) in [5.74, 6) is -0.0906. The number of rotatable bonds is 4. The Balaban J connectivity index is 1.80. The van der Waals surface area contributed by atoms with Gasteiger partial charge < -0.3 is 15.3 Å². The van der Waals surface area contributed by atoms with Gasteiger partial charge in [-0.05, 0) is 26.0 Å². The maximum absolute atomic E-state index is 12.8. The average molecular weight is 329 g/mol. The van der Waals surface area contributed by atoms with E-state index in [1.807, 2.05) is 32.0 Å². The normalized spacial score (nSPS) is 20.6. The lowest BCUT2D eigenvalue weighted by Gasteiger charge is -2.22. The standard InChI is InChI=1S/C17H23N5O2/c1-12(2)22-10-15(19-20-22)17(24)8-9-21(11-17)16(23)13-6-4-5-7-14(13)18-3/h4-7,10,12,18,24H,8-9,11H2,1-3H3. The number of hydrogen-bond donors (Lipinski definition) is 2. The fraction of sp³-hybridized carbons (Fsp3) is 0.471. The highest BCUT2D eigenvalue weighted by molar-refractivity contribution is 5.99. The van der Waals surface area contributed by atoms with Crippen molar-refractivity contribution in [1.29, 1.82) is 0 Å². The zero-order valence-electron chi connectivity index (χ0n) is 14.2. The molecule has 1 aliphatic heterocycles. The van der Waals surface area contributed by atoms with E-state index in [0.717, 1.165) is 5.69 Å². The van der Waals surface area contributed by atoms with Crippen molar-refractivity contribution in [3.63, 3.8) is 0 Å². The molecule has 3 rings (SSSR count). The molecule has 7 nitrogen and oxygen atoms in total. The predicted octanol–water partition coefficient (Wildman–Crippen LogP) is 1.63. The maximum atomic E-state index is 12.8. The second-order valence-electron chi connectivity index (χ2n) is 6.48. The molecule has 0 saturated carbocycles. The Hall–Kier alpha value is -2.41. The van der Waals surface area contributed by atoms with Gasteiger partial charge in [-0.1, -0.05) is 17.3 Å². The fourth-order valence-electron chi connectivity index (χ4n) is 2.98. The van der Waals surface area contributed by atoms with E-state index in [-0.39, 0.29) is 18.5 Å². The van der Waals surface area contributed by atoms with E-state index in [2.05, 4.69) is 15.6 Å². The number of anilines is 1. The van der Waals surface area contributed by atoms with E-state index in [0.29, 0.717) is 24.2 Å². The zero-order chi connectivity index (χ0) is 17.3. The van der Waals surface area contributed by atoms with Crippen molar-refractivity contribution in [3.05, 3.63) is 41.7 Å². The number of carbonyl (C=O) groups is 1. The molecule has 1 aromatic heterocycles. The Morgan fingerprint density at radius 2 is 2.12 bits per heavy atom. The van der Waals surface area contributed by atoms with Crippen LogP contribution >= 0.6 is 0 Å². The van der Waals surface area contributed by atoms with Crippen molar-refractivity contribution in [2.45, 2.75) is 31.9 Å². The van der Waals surface area contributed by atoms with Crippen LogP contribution in [0.15, 0.2) is 30.5 Å². The number of benzene rings is 1. The van der Waals surface area contributed by atoms with Crippen molar-refractivity contribution >= 4 is 11.6 Å². The number of amides is 1. The van der Waals surface area contributed by atoms with E-state index < -0.39 is 5.60 Å². The quantitative estimate of drug-likeness (QED) is 0.891. The number of para-hydroxylation sites is 1. The monoisotopic (exact) mass is 329 g/mol. The van der Waals surface area contributed by atoms with Gasteiger partial charge in [0, 0.05) is 31.7 Å². The molecule has 2 N–H and O–H groups in total. The van der Waals surface area contributed by atoms with E-state index in [1.165, 1.54) is 0 Å². The SMILES string of the molecule is CNc1ccccc1C(=O)N1CCC(O)(c2cn(C(C)C)nn2)C1. The van der Waals surface area contributed by atoms with Gasteiger partial charge in [-0.25, -0.2) is 4.68 Å². The Morgan fingerprint density at radius 1 is 1.38 bits per heavy atom. The first kappa shape index (κ1) is 16.4. The summed E-state index contributed by atoms with van der Waals surface area (Å²) in [5, 5.41) is 22.1. The van der Waals surface area contributed by atoms with Gasteiger partial charge in [-0.2, -0.15) is 0 Å². The molecule has 0 bridgehead atoms. The minimum absolute atomic E-state index is 0.0906. The van der Waals surface area contributed by atoms with Gasteiger partial charge in [0.1, 0.15) is 11.3 Å². The van der Waals surface area contributed by atoms with E-state index >= 15 is 0 Å². The highest BCUT2D eigenvalue weighted by Crippen LogP contribution is 2.32. The molecule has 1 aromatic carbocycles. The molecule has 2 heterocycles. The summed E-state index contributed by atoms with van der Waals surface area (Å²) in [6.45, 7) is 4.71. The molecule has 0 spiro atoms. The van der Waals surface area contributed by atoms with Gasteiger partial charge in [0.15, 0.2) is 0 Å². The highest BCUT2D eigenvalue weighted by Gasteiger charge is 2.42. The van der Waals surface area contributed by atoms with Crippen molar-refractivity contribution in [2.24, 2.45) is 0 Å². The molecule has 128 valence electrons. The van der Waals surface area contributed by atoms with Crippen molar-refractivity contribution in [3.8, 4) is 0 Å². The highest BCUT2D eigenvalue weighted by atomic mass is 16.3. The number of carbonyl (C=O) groups excluding carboxylic acids is 1. The topological polar surface area (TPSA) is 83.3 Å². The second-order valence-corrected chi connectivity index (χ2v) is 6.48. The summed E-state index contributed by atoms with van der Waals surface area (Å²) < 4.78 is 1.72. The number of hydrogen-bond acceptors (Lipinski definition) is 5. The smallest absolute Gasteiger partial charge is 0.256 e. The molecular formula is C17H23N5O2. The molecule has 2 aromatic rings. The third kappa shape index (κ3) is 2.87. The Kier molecular flexibility index (Phi) is 4.28. The molecule has 1 unspecified atom stereocenters. The maximum Gasteiger partial charge on any atom is 0.256 e. The van der Waals surface area contributed by atoms with Gasteiger partial charge in [0.2, 0.25) is 0 Å². The van der Waals surface area contributed by atoms with Gasteiger partial charge in [-0.15, -0.1) is 5.10 Å². The Labute approximate surface area is 141 Å². The van der Waals surface area contributed by atoms with Crippen LogP contribution in [0.25, 0.3) is 0 Å². The van der Waals surface area contributed by atoms with Gasteiger partial charge in [0.25, 0.3) is 5.91 Å². The average Bonchev–Trinajstić information content (AvgIpc) is 3.22. The van der Waals surface area contributed by atoms with Crippen LogP contribution < -0.4 is 5.32 Å². The number of nitrogens with zero attached hydrogens (tertiary/aromatic N) is 4. The lowest BCUT2D eigenvalue weighted by Crippen LogP contribution is -2.35. The lowest BCUT2D eigenvalue weighted by atomic mass is 10.00. The van der Waals surface area contributed by atoms with Gasteiger partial charge in [-0.3, -0.25) is 4.79 Å². The first-order valence-corrected chi connectivity index (χ1v) is 8.15. The molecule has 1 amide bonds. The van der Waals surface area contributed by atoms with E-state index in [1.54, 1.807) is 28.9 Å². The zero-order valence-corrected chi connectivity index (χ0v) is 14.2. The summed E-state index contributed by atoms with van der Waals surface area (Å²) in [4.78, 5) is 14.5. The molecule has 0 aliphatic carbocycles. The number of aromatic nitrogens is 3. The first-order chi connectivity index (χ1) is 11.4. The minimum Gasteiger partial charge on any atom is -0.387 e. The molecule has 7 heteroatoms.